The number of nitrogens with zero attached hydrogens (tertiary/aromatic N) is 2. The van der Waals surface area contributed by atoms with Gasteiger partial charge < -0.3 is 14.8 Å². The maximum atomic E-state index is 14.2. The van der Waals surface area contributed by atoms with E-state index in [0.29, 0.717) is 0 Å². The molecule has 13 heteroatoms. The summed E-state index contributed by atoms with van der Waals surface area (Å²) in [5, 5.41) is 13.5. The number of carbonyl (C=O) groups is 2. The van der Waals surface area contributed by atoms with Gasteiger partial charge in [-0.25, -0.2) is 17.6 Å². The highest BCUT2D eigenvalue weighted by atomic mass is 32.2. The molecule has 184 valence electrons. The monoisotopic (exact) mass is 497 g/mol. The van der Waals surface area contributed by atoms with Crippen molar-refractivity contribution in [2.45, 2.75) is 25.7 Å². The summed E-state index contributed by atoms with van der Waals surface area (Å²) in [6.07, 6.45) is 0. The number of hydrogen-bond donors (Lipinski definition) is 1. The Bertz CT molecular complexity index is 1180. The van der Waals surface area contributed by atoms with Crippen LogP contribution in [-0.2, 0) is 19.6 Å². The summed E-state index contributed by atoms with van der Waals surface area (Å²) in [4.78, 5) is 34.7. The van der Waals surface area contributed by atoms with Gasteiger partial charge in [-0.2, -0.15) is 4.31 Å². The van der Waals surface area contributed by atoms with E-state index in [2.05, 4.69) is 5.32 Å². The Hall–Kier alpha value is -3.58. The number of benzene rings is 2. The molecule has 1 amide bonds. The average Bonchev–Trinajstić information content (AvgIpc) is 2.79. The van der Waals surface area contributed by atoms with Crippen LogP contribution in [-0.4, -0.2) is 55.8 Å². The van der Waals surface area contributed by atoms with E-state index in [4.69, 9.17) is 9.47 Å². The smallest absolute Gasteiger partial charge is 0.341 e. The minimum Gasteiger partial charge on any atom is -0.494 e. The van der Waals surface area contributed by atoms with Gasteiger partial charge in [0.1, 0.15) is 17.3 Å². The Labute approximate surface area is 195 Å². The van der Waals surface area contributed by atoms with Gasteiger partial charge in [-0.05, 0) is 37.3 Å². The number of sulfonamides is 1. The second-order valence-corrected chi connectivity index (χ2v) is 8.66. The largest absolute Gasteiger partial charge is 0.494 e. The summed E-state index contributed by atoms with van der Waals surface area (Å²) in [6, 6.07) is 6.47. The Morgan fingerprint density at radius 1 is 1.12 bits per heavy atom. The Kier molecular flexibility index (Phi) is 9.04. The van der Waals surface area contributed by atoms with Crippen LogP contribution in [0.5, 0.6) is 5.75 Å². The van der Waals surface area contributed by atoms with E-state index in [0.717, 1.165) is 28.6 Å². The van der Waals surface area contributed by atoms with Gasteiger partial charge >= 0.3 is 5.97 Å². The zero-order valence-corrected chi connectivity index (χ0v) is 19.6. The molecule has 0 spiro atoms. The summed E-state index contributed by atoms with van der Waals surface area (Å²) in [7, 11) is -3.96. The number of amides is 1. The van der Waals surface area contributed by atoms with Crippen molar-refractivity contribution in [2.75, 3.05) is 31.6 Å². The fraction of sp³-hybridized carbons (Fsp3) is 0.333. The number of nitrogens with one attached hydrogen (secondary N) is 1. The number of ether oxygens (including phenoxy) is 2. The maximum absolute atomic E-state index is 14.2. The van der Waals surface area contributed by atoms with Crippen LogP contribution < -0.4 is 10.1 Å². The number of carbonyl (C=O) groups excluding carboxylic acids is 2. The van der Waals surface area contributed by atoms with Crippen molar-refractivity contribution in [3.8, 4) is 5.75 Å². The summed E-state index contributed by atoms with van der Waals surface area (Å²) >= 11 is 0. The van der Waals surface area contributed by atoms with Crippen molar-refractivity contribution in [3.63, 3.8) is 0 Å². The molecule has 11 nitrogen and oxygen atoms in total. The first-order chi connectivity index (χ1) is 16.0. The van der Waals surface area contributed by atoms with Gasteiger partial charge in [-0.15, -0.1) is 0 Å². The summed E-state index contributed by atoms with van der Waals surface area (Å²) in [6.45, 7) is 4.71. The van der Waals surface area contributed by atoms with Gasteiger partial charge in [-0.1, -0.05) is 13.8 Å². The number of esters is 1. The molecule has 0 saturated heterocycles. The molecule has 0 bridgehead atoms. The van der Waals surface area contributed by atoms with Crippen molar-refractivity contribution in [1.29, 1.82) is 0 Å². The third-order valence-electron chi connectivity index (χ3n) is 4.59. The molecule has 0 radical (unpaired) electrons. The van der Waals surface area contributed by atoms with Crippen LogP contribution in [0.4, 0.5) is 15.8 Å². The number of hydrogen-bond acceptors (Lipinski definition) is 8. The minimum absolute atomic E-state index is 0.159. The molecular weight excluding hydrogens is 473 g/mol. The lowest BCUT2D eigenvalue weighted by atomic mass is 10.2. The first-order valence-electron chi connectivity index (χ1n) is 10.2. The van der Waals surface area contributed by atoms with Crippen LogP contribution in [0.15, 0.2) is 41.3 Å². The van der Waals surface area contributed by atoms with E-state index in [1.54, 1.807) is 20.8 Å². The third-order valence-corrected chi connectivity index (χ3v) is 6.63. The highest BCUT2D eigenvalue weighted by Gasteiger charge is 2.25. The lowest BCUT2D eigenvalue weighted by Crippen LogP contribution is -2.30. The van der Waals surface area contributed by atoms with Crippen molar-refractivity contribution < 1.29 is 36.8 Å². The number of anilines is 1. The van der Waals surface area contributed by atoms with E-state index < -0.39 is 50.5 Å². The van der Waals surface area contributed by atoms with E-state index >= 15 is 0 Å². The zero-order valence-electron chi connectivity index (χ0n) is 18.7. The molecule has 0 heterocycles. The van der Waals surface area contributed by atoms with Gasteiger partial charge in [-0.3, -0.25) is 14.9 Å². The van der Waals surface area contributed by atoms with Crippen LogP contribution in [0.1, 0.15) is 31.1 Å². The topological polar surface area (TPSA) is 145 Å². The van der Waals surface area contributed by atoms with E-state index in [1.165, 1.54) is 12.1 Å². The highest BCUT2D eigenvalue weighted by molar-refractivity contribution is 7.89. The SMILES string of the molecule is CCOc1ccc(NC(=O)COC(=O)c2cc(S(=O)(=O)N(CC)CC)ccc2F)c([N+](=O)[O-])c1. The quantitative estimate of drug-likeness (QED) is 0.283. The van der Waals surface area contributed by atoms with Gasteiger partial charge in [0.25, 0.3) is 11.6 Å². The molecule has 0 fully saturated rings. The van der Waals surface area contributed by atoms with Gasteiger partial charge in [0.15, 0.2) is 6.61 Å². The highest BCUT2D eigenvalue weighted by Crippen LogP contribution is 2.29. The van der Waals surface area contributed by atoms with Crippen LogP contribution in [0.3, 0.4) is 0 Å². The van der Waals surface area contributed by atoms with E-state index in [-0.39, 0.29) is 36.0 Å². The van der Waals surface area contributed by atoms with Crippen molar-refractivity contribution in [1.82, 2.24) is 4.31 Å². The Morgan fingerprint density at radius 2 is 1.79 bits per heavy atom. The van der Waals surface area contributed by atoms with Crippen molar-refractivity contribution in [3.05, 3.63) is 57.9 Å². The second-order valence-electron chi connectivity index (χ2n) is 6.72. The summed E-state index contributed by atoms with van der Waals surface area (Å²) in [5.41, 5.74) is -1.27. The fourth-order valence-corrected chi connectivity index (χ4v) is 4.44. The molecule has 0 unspecified atom stereocenters. The standard InChI is InChI=1S/C21H24FN3O8S/c1-4-24(5-2)34(30,31)15-8-9-17(22)16(12-15)21(27)33-13-20(26)23-18-10-7-14(32-6-3)11-19(18)25(28)29/h7-12H,4-6,13H2,1-3H3,(H,23,26). The molecule has 0 aliphatic rings. The lowest BCUT2D eigenvalue weighted by molar-refractivity contribution is -0.384. The molecular formula is C21H24FN3O8S. The predicted octanol–water partition coefficient (Wildman–Crippen LogP) is 2.96. The molecule has 2 rings (SSSR count). The first kappa shape index (κ1) is 26.7. The van der Waals surface area contributed by atoms with E-state index in [1.807, 2.05) is 0 Å². The van der Waals surface area contributed by atoms with Crippen molar-refractivity contribution in [2.24, 2.45) is 0 Å². The van der Waals surface area contributed by atoms with Crippen LogP contribution >= 0.6 is 0 Å². The molecule has 1 N–H and O–H groups in total. The molecule has 0 saturated carbocycles. The molecule has 34 heavy (non-hydrogen) atoms. The van der Waals surface area contributed by atoms with Crippen LogP contribution in [0.2, 0.25) is 0 Å². The lowest BCUT2D eigenvalue weighted by Gasteiger charge is -2.18. The number of rotatable bonds is 11. The summed E-state index contributed by atoms with van der Waals surface area (Å²) in [5.74, 6) is -3.00. The second kappa shape index (κ2) is 11.5. The number of halogens is 1. The molecule has 0 aliphatic carbocycles. The van der Waals surface area contributed by atoms with Gasteiger partial charge in [0.05, 0.1) is 28.1 Å². The maximum Gasteiger partial charge on any atom is 0.341 e. The van der Waals surface area contributed by atoms with Crippen molar-refractivity contribution >= 4 is 33.3 Å². The van der Waals surface area contributed by atoms with Gasteiger partial charge in [0.2, 0.25) is 10.0 Å². The first-order valence-corrected chi connectivity index (χ1v) is 11.7. The number of nitro benzene ring substituents is 1. The Balaban J connectivity index is 2.15. The van der Waals surface area contributed by atoms with Crippen LogP contribution in [0.25, 0.3) is 0 Å². The normalized spacial score (nSPS) is 11.2. The van der Waals surface area contributed by atoms with E-state index in [9.17, 15) is 32.5 Å². The molecule has 2 aromatic rings. The molecule has 2 aromatic carbocycles. The average molecular weight is 498 g/mol. The Morgan fingerprint density at radius 3 is 2.38 bits per heavy atom. The molecule has 0 atom stereocenters. The number of nitro groups is 1. The molecule has 0 aromatic heterocycles. The molecule has 0 aliphatic heterocycles. The van der Waals surface area contributed by atoms with Gasteiger partial charge in [0, 0.05) is 13.1 Å². The summed E-state index contributed by atoms with van der Waals surface area (Å²) < 4.78 is 50.6. The zero-order chi connectivity index (χ0) is 25.5. The fourth-order valence-electron chi connectivity index (χ4n) is 2.95. The predicted molar refractivity (Wildman–Crippen MR) is 120 cm³/mol. The van der Waals surface area contributed by atoms with Crippen LogP contribution in [0, 0.1) is 15.9 Å². The minimum atomic E-state index is -3.96. The third kappa shape index (κ3) is 6.26.